The van der Waals surface area contributed by atoms with Crippen LogP contribution >= 0.6 is 6.83 Å². The normalized spacial score (nSPS) is 13.1. The van der Waals surface area contributed by atoms with Gasteiger partial charge in [-0.3, -0.25) is 0 Å². The van der Waals surface area contributed by atoms with E-state index in [1.807, 2.05) is 121 Å². The van der Waals surface area contributed by atoms with Gasteiger partial charge in [-0.1, -0.05) is 0 Å². The molecule has 0 aliphatic rings. The molecule has 0 aliphatic heterocycles. The van der Waals surface area contributed by atoms with Crippen LogP contribution in [0.4, 0.5) is 0 Å². The van der Waals surface area contributed by atoms with E-state index in [9.17, 15) is 13.0 Å². The van der Waals surface area contributed by atoms with Crippen LogP contribution in [-0.4, -0.2) is 13.0 Å². The van der Waals surface area contributed by atoms with Gasteiger partial charge in [0.1, 0.15) is 0 Å². The molecule has 0 atom stereocenters. The van der Waals surface area contributed by atoms with E-state index in [2.05, 4.69) is 0 Å². The molecule has 34 heavy (non-hydrogen) atoms. The Bertz CT molecular complexity index is 1120. The SMILES string of the molecule is O=S(=O)(O)OP(Cc1ccccc1)(Cc1ccccc1)(Cc1ccccc1)Cc1ccccc1. The molecule has 1 N–H and O–H groups in total. The van der Waals surface area contributed by atoms with E-state index in [-0.39, 0.29) is 0 Å². The van der Waals surface area contributed by atoms with Crippen molar-refractivity contribution in [2.45, 2.75) is 24.6 Å². The number of benzene rings is 4. The molecule has 176 valence electrons. The molecule has 4 rings (SSSR count). The van der Waals surface area contributed by atoms with Crippen molar-refractivity contribution in [2.75, 3.05) is 0 Å². The van der Waals surface area contributed by atoms with Gasteiger partial charge >= 0.3 is 202 Å². The Kier molecular flexibility index (Phi) is 7.30. The first-order chi connectivity index (χ1) is 16.3. The van der Waals surface area contributed by atoms with E-state index in [1.165, 1.54) is 0 Å². The van der Waals surface area contributed by atoms with Gasteiger partial charge in [-0.15, -0.1) is 0 Å². The Morgan fingerprint density at radius 3 is 0.941 bits per heavy atom. The number of rotatable bonds is 10. The molecule has 4 aromatic rings. The molecular formula is C28H29O4PS. The molecule has 0 saturated carbocycles. The monoisotopic (exact) mass is 492 g/mol. The zero-order valence-electron chi connectivity index (χ0n) is 18.9. The van der Waals surface area contributed by atoms with Gasteiger partial charge in [0.2, 0.25) is 0 Å². The van der Waals surface area contributed by atoms with Gasteiger partial charge in [-0.2, -0.15) is 0 Å². The average Bonchev–Trinajstić information content (AvgIpc) is 2.80. The van der Waals surface area contributed by atoms with Crippen LogP contribution in [-0.2, 0) is 39.0 Å². The molecule has 0 fully saturated rings. The van der Waals surface area contributed by atoms with Crippen LogP contribution in [0.25, 0.3) is 0 Å². The predicted molar refractivity (Wildman–Crippen MR) is 140 cm³/mol. The third-order valence-corrected chi connectivity index (χ3v) is 13.1. The summed E-state index contributed by atoms with van der Waals surface area (Å²) in [5.74, 6) is 0. The van der Waals surface area contributed by atoms with Crippen molar-refractivity contribution < 1.29 is 16.9 Å². The number of hydrogen-bond acceptors (Lipinski definition) is 3. The summed E-state index contributed by atoms with van der Waals surface area (Å²) >= 11 is 0. The average molecular weight is 493 g/mol. The van der Waals surface area contributed by atoms with Crippen molar-refractivity contribution in [2.24, 2.45) is 0 Å². The molecule has 0 spiro atoms. The standard InChI is InChI=1S/C28H29O4PS/c29-34(30,31)32-33(21-25-13-5-1-6-14-25,22-26-15-7-2-8-16-26,23-27-17-9-3-10-18-27)24-28-19-11-4-12-20-28/h1-20H,21-24H2,(H,29,30,31). The first-order valence-electron chi connectivity index (χ1n) is 11.2. The minimum atomic E-state index is -4.76. The van der Waals surface area contributed by atoms with Gasteiger partial charge in [-0.05, 0) is 0 Å². The Hall–Kier alpha value is -2.82. The fraction of sp³-hybridized carbons (Fsp3) is 0.143. The summed E-state index contributed by atoms with van der Waals surface area (Å²) in [6.07, 6.45) is 1.63. The van der Waals surface area contributed by atoms with Crippen LogP contribution in [0.5, 0.6) is 0 Å². The summed E-state index contributed by atoms with van der Waals surface area (Å²) < 4.78 is 41.5. The van der Waals surface area contributed by atoms with Gasteiger partial charge in [0.15, 0.2) is 0 Å². The van der Waals surface area contributed by atoms with E-state index in [0.29, 0.717) is 24.6 Å². The zero-order valence-corrected chi connectivity index (χ0v) is 20.6. The van der Waals surface area contributed by atoms with Gasteiger partial charge in [0.05, 0.1) is 0 Å². The summed E-state index contributed by atoms with van der Waals surface area (Å²) in [4.78, 5) is 0. The molecule has 0 unspecified atom stereocenters. The van der Waals surface area contributed by atoms with Crippen molar-refractivity contribution in [1.29, 1.82) is 0 Å². The van der Waals surface area contributed by atoms with Crippen LogP contribution in [0.1, 0.15) is 22.3 Å². The Balaban J connectivity index is 1.99. The van der Waals surface area contributed by atoms with Crippen molar-refractivity contribution in [3.63, 3.8) is 0 Å². The maximum absolute atomic E-state index is 12.6. The molecule has 0 radical (unpaired) electrons. The van der Waals surface area contributed by atoms with Crippen molar-refractivity contribution in [3.05, 3.63) is 144 Å². The molecule has 4 nitrogen and oxygen atoms in total. The molecule has 0 amide bonds. The molecular weight excluding hydrogens is 463 g/mol. The van der Waals surface area contributed by atoms with E-state index >= 15 is 0 Å². The molecule has 4 aromatic carbocycles. The van der Waals surface area contributed by atoms with Gasteiger partial charge < -0.3 is 0 Å². The molecule has 0 bridgehead atoms. The van der Waals surface area contributed by atoms with E-state index in [4.69, 9.17) is 3.97 Å². The molecule has 0 heterocycles. The second kappa shape index (κ2) is 10.2. The van der Waals surface area contributed by atoms with E-state index < -0.39 is 17.2 Å². The summed E-state index contributed by atoms with van der Waals surface area (Å²) in [7, 11) is -4.76. The van der Waals surface area contributed by atoms with Gasteiger partial charge in [0.25, 0.3) is 0 Å². The third-order valence-electron chi connectivity index (χ3n) is 6.01. The Morgan fingerprint density at radius 2 is 0.735 bits per heavy atom. The van der Waals surface area contributed by atoms with Crippen molar-refractivity contribution in [1.82, 2.24) is 0 Å². The molecule has 0 aliphatic carbocycles. The summed E-state index contributed by atoms with van der Waals surface area (Å²) in [5.41, 5.74) is 3.91. The van der Waals surface area contributed by atoms with Crippen LogP contribution in [0.2, 0.25) is 0 Å². The Morgan fingerprint density at radius 1 is 0.500 bits per heavy atom. The topological polar surface area (TPSA) is 63.6 Å². The van der Waals surface area contributed by atoms with Crippen LogP contribution in [0.15, 0.2) is 121 Å². The van der Waals surface area contributed by atoms with Gasteiger partial charge in [-0.25, -0.2) is 0 Å². The summed E-state index contributed by atoms with van der Waals surface area (Å²) in [5, 5.41) is 0. The fourth-order valence-corrected chi connectivity index (χ4v) is 13.1. The summed E-state index contributed by atoms with van der Waals surface area (Å²) in [6, 6.07) is 39.3. The second-order valence-electron chi connectivity index (χ2n) is 8.94. The minimum absolute atomic E-state index is 0.408. The summed E-state index contributed by atoms with van der Waals surface area (Å²) in [6.45, 7) is -3.80. The maximum atomic E-state index is 12.6. The van der Waals surface area contributed by atoms with Crippen LogP contribution < -0.4 is 0 Å². The zero-order chi connectivity index (χ0) is 23.9. The Labute approximate surface area is 202 Å². The predicted octanol–water partition coefficient (Wildman–Crippen LogP) is 7.07. The van der Waals surface area contributed by atoms with Crippen LogP contribution in [0, 0.1) is 0 Å². The molecule has 6 heteroatoms. The van der Waals surface area contributed by atoms with Gasteiger partial charge in [0, 0.05) is 0 Å². The van der Waals surface area contributed by atoms with E-state index in [0.717, 1.165) is 22.3 Å². The molecule has 0 saturated heterocycles. The quantitative estimate of drug-likeness (QED) is 0.190. The number of hydrogen-bond donors (Lipinski definition) is 1. The fourth-order valence-electron chi connectivity index (χ4n) is 4.89. The van der Waals surface area contributed by atoms with E-state index in [1.54, 1.807) is 0 Å². The first-order valence-corrected chi connectivity index (χ1v) is 15.4. The third kappa shape index (κ3) is 6.40. The second-order valence-corrected chi connectivity index (χ2v) is 15.4. The van der Waals surface area contributed by atoms with Crippen LogP contribution in [0.3, 0.4) is 0 Å². The van der Waals surface area contributed by atoms with Crippen molar-refractivity contribution >= 4 is 17.2 Å². The van der Waals surface area contributed by atoms with Crippen molar-refractivity contribution in [3.8, 4) is 0 Å². The first kappa shape index (κ1) is 24.3. The molecule has 0 aromatic heterocycles.